The lowest BCUT2D eigenvalue weighted by Crippen LogP contribution is -2.30. The predicted molar refractivity (Wildman–Crippen MR) is 118 cm³/mol. The molecule has 0 saturated heterocycles. The second-order valence-corrected chi connectivity index (χ2v) is 8.23. The number of nitrogens with zero attached hydrogens (tertiary/aromatic N) is 2. The van der Waals surface area contributed by atoms with Crippen LogP contribution in [0.1, 0.15) is 17.8 Å². The van der Waals surface area contributed by atoms with Gasteiger partial charge in [-0.3, -0.25) is 4.79 Å². The Morgan fingerprint density at radius 3 is 2.87 bits per heavy atom. The van der Waals surface area contributed by atoms with E-state index in [0.29, 0.717) is 22.6 Å². The van der Waals surface area contributed by atoms with E-state index in [2.05, 4.69) is 22.0 Å². The van der Waals surface area contributed by atoms with Crippen molar-refractivity contribution < 1.29 is 9.13 Å². The Hall–Kier alpha value is -3.19. The number of aromatic amines is 1. The second-order valence-electron chi connectivity index (χ2n) is 7.37. The van der Waals surface area contributed by atoms with E-state index in [-0.39, 0.29) is 11.4 Å². The van der Waals surface area contributed by atoms with Crippen molar-refractivity contribution in [3.8, 4) is 16.9 Å². The summed E-state index contributed by atoms with van der Waals surface area (Å²) in [4.78, 5) is 23.5. The Balaban J connectivity index is 1.49. The monoisotopic (exact) mass is 421 g/mol. The van der Waals surface area contributed by atoms with Crippen LogP contribution in [0.4, 0.5) is 10.1 Å². The highest BCUT2D eigenvalue weighted by molar-refractivity contribution is 7.17. The Labute approximate surface area is 176 Å². The maximum absolute atomic E-state index is 13.3. The number of H-pyrrole nitrogens is 1. The summed E-state index contributed by atoms with van der Waals surface area (Å²) >= 11 is 1.43. The summed E-state index contributed by atoms with van der Waals surface area (Å²) < 4.78 is 18.6. The summed E-state index contributed by atoms with van der Waals surface area (Å²) in [5.41, 5.74) is 3.83. The zero-order valence-electron chi connectivity index (χ0n) is 16.4. The van der Waals surface area contributed by atoms with Crippen molar-refractivity contribution in [1.82, 2.24) is 9.97 Å². The molecule has 0 saturated carbocycles. The van der Waals surface area contributed by atoms with Crippen LogP contribution in [-0.4, -0.2) is 23.6 Å². The molecule has 0 spiro atoms. The van der Waals surface area contributed by atoms with Crippen LogP contribution >= 0.6 is 11.3 Å². The first kappa shape index (κ1) is 18.8. The van der Waals surface area contributed by atoms with Gasteiger partial charge in [-0.25, -0.2) is 9.37 Å². The minimum Gasteiger partial charge on any atom is -0.497 e. The Kier molecular flexibility index (Phi) is 4.75. The molecular formula is C23H20FN3O2S. The van der Waals surface area contributed by atoms with Gasteiger partial charge in [0.25, 0.3) is 5.56 Å². The number of aryl methyl sites for hydroxylation is 1. The lowest BCUT2D eigenvalue weighted by atomic mass is 10.0. The average molecular weight is 421 g/mol. The quantitative estimate of drug-likeness (QED) is 0.517. The third-order valence-corrected chi connectivity index (χ3v) is 6.36. The van der Waals surface area contributed by atoms with Crippen LogP contribution in [0.25, 0.3) is 21.3 Å². The van der Waals surface area contributed by atoms with Gasteiger partial charge < -0.3 is 14.6 Å². The van der Waals surface area contributed by atoms with Gasteiger partial charge in [0.1, 0.15) is 22.2 Å². The number of hydrogen-bond acceptors (Lipinski definition) is 5. The molecule has 1 aliphatic rings. The molecule has 0 unspecified atom stereocenters. The molecule has 1 aliphatic heterocycles. The van der Waals surface area contributed by atoms with Crippen LogP contribution in [0, 0.1) is 5.82 Å². The lowest BCUT2D eigenvalue weighted by molar-refractivity contribution is 0.414. The number of halogens is 1. The molecule has 0 bridgehead atoms. The van der Waals surface area contributed by atoms with E-state index in [0.717, 1.165) is 42.0 Å². The van der Waals surface area contributed by atoms with Gasteiger partial charge in [-0.05, 0) is 54.3 Å². The molecule has 0 aliphatic carbocycles. The number of benzene rings is 2. The SMILES string of the molecule is COc1ccc2c(c1)CCCN2Cc1nc2scc(-c3ccc(F)cc3)c2c(=O)[nH]1. The van der Waals surface area contributed by atoms with E-state index in [4.69, 9.17) is 9.72 Å². The van der Waals surface area contributed by atoms with Crippen LogP contribution in [0.2, 0.25) is 0 Å². The summed E-state index contributed by atoms with van der Waals surface area (Å²) in [6.07, 6.45) is 2.05. The molecule has 3 heterocycles. The standard InChI is InChI=1S/C23H20FN3O2S/c1-29-17-8-9-19-15(11-17)3-2-10-27(19)12-20-25-22(28)21-18(13-30-23(21)26-20)14-4-6-16(24)7-5-14/h4-9,11,13H,2-3,10,12H2,1H3,(H,25,26,28). The number of ether oxygens (including phenoxy) is 1. The number of methoxy groups -OCH3 is 1. The van der Waals surface area contributed by atoms with Crippen molar-refractivity contribution in [1.29, 1.82) is 0 Å². The normalized spacial score (nSPS) is 13.5. The van der Waals surface area contributed by atoms with Crippen molar-refractivity contribution in [2.45, 2.75) is 19.4 Å². The fourth-order valence-corrected chi connectivity index (χ4v) is 5.00. The molecule has 0 atom stereocenters. The fourth-order valence-electron chi connectivity index (χ4n) is 4.03. The molecule has 1 N–H and O–H groups in total. The highest BCUT2D eigenvalue weighted by Crippen LogP contribution is 2.33. The number of anilines is 1. The Morgan fingerprint density at radius 2 is 2.07 bits per heavy atom. The molecule has 7 heteroatoms. The summed E-state index contributed by atoms with van der Waals surface area (Å²) in [5, 5.41) is 2.46. The molecule has 5 nitrogen and oxygen atoms in total. The van der Waals surface area contributed by atoms with Crippen LogP contribution in [0.3, 0.4) is 0 Å². The van der Waals surface area contributed by atoms with Gasteiger partial charge in [-0.15, -0.1) is 11.3 Å². The zero-order chi connectivity index (χ0) is 20.7. The summed E-state index contributed by atoms with van der Waals surface area (Å²) in [6, 6.07) is 12.3. The van der Waals surface area contributed by atoms with Gasteiger partial charge in [-0.1, -0.05) is 12.1 Å². The molecule has 5 rings (SSSR count). The van der Waals surface area contributed by atoms with E-state index in [1.165, 1.54) is 29.0 Å². The number of hydrogen-bond donors (Lipinski definition) is 1. The maximum Gasteiger partial charge on any atom is 0.260 e. The number of thiophene rings is 1. The van der Waals surface area contributed by atoms with Gasteiger partial charge in [-0.2, -0.15) is 0 Å². The highest BCUT2D eigenvalue weighted by atomic mass is 32.1. The fraction of sp³-hybridized carbons (Fsp3) is 0.217. The molecule has 152 valence electrons. The smallest absolute Gasteiger partial charge is 0.260 e. The maximum atomic E-state index is 13.3. The van der Waals surface area contributed by atoms with Gasteiger partial charge in [0, 0.05) is 23.2 Å². The van der Waals surface area contributed by atoms with Crippen molar-refractivity contribution in [3.63, 3.8) is 0 Å². The Bertz CT molecular complexity index is 1280. The van der Waals surface area contributed by atoms with Crippen LogP contribution in [0.5, 0.6) is 5.75 Å². The van der Waals surface area contributed by atoms with E-state index in [9.17, 15) is 9.18 Å². The summed E-state index contributed by atoms with van der Waals surface area (Å²) in [7, 11) is 1.67. The molecular weight excluding hydrogens is 401 g/mol. The Morgan fingerprint density at radius 1 is 1.23 bits per heavy atom. The van der Waals surface area contributed by atoms with E-state index < -0.39 is 0 Å². The van der Waals surface area contributed by atoms with Gasteiger partial charge in [0.05, 0.1) is 19.0 Å². The van der Waals surface area contributed by atoms with Crippen molar-refractivity contribution >= 4 is 27.2 Å². The van der Waals surface area contributed by atoms with E-state index in [1.54, 1.807) is 19.2 Å². The summed E-state index contributed by atoms with van der Waals surface area (Å²) in [6.45, 7) is 1.45. The zero-order valence-corrected chi connectivity index (χ0v) is 17.3. The van der Waals surface area contributed by atoms with Crippen LogP contribution < -0.4 is 15.2 Å². The first-order valence-electron chi connectivity index (χ1n) is 9.80. The number of nitrogens with one attached hydrogen (secondary N) is 1. The summed E-state index contributed by atoms with van der Waals surface area (Å²) in [5.74, 6) is 1.20. The van der Waals surface area contributed by atoms with Crippen molar-refractivity contribution in [2.75, 3.05) is 18.6 Å². The topological polar surface area (TPSA) is 58.2 Å². The largest absolute Gasteiger partial charge is 0.497 e. The third-order valence-electron chi connectivity index (χ3n) is 5.49. The van der Waals surface area contributed by atoms with E-state index >= 15 is 0 Å². The van der Waals surface area contributed by atoms with Crippen LogP contribution in [-0.2, 0) is 13.0 Å². The molecule has 30 heavy (non-hydrogen) atoms. The molecule has 0 fully saturated rings. The average Bonchev–Trinajstić information content (AvgIpc) is 3.18. The molecule has 2 aromatic carbocycles. The third kappa shape index (κ3) is 3.35. The van der Waals surface area contributed by atoms with Gasteiger partial charge in [0.2, 0.25) is 0 Å². The molecule has 0 radical (unpaired) electrons. The first-order chi connectivity index (χ1) is 14.6. The second kappa shape index (κ2) is 7.57. The predicted octanol–water partition coefficient (Wildman–Crippen LogP) is 4.75. The van der Waals surface area contributed by atoms with Gasteiger partial charge >= 0.3 is 0 Å². The van der Waals surface area contributed by atoms with Crippen molar-refractivity contribution in [3.05, 3.63) is 75.4 Å². The minimum absolute atomic E-state index is 0.164. The lowest BCUT2D eigenvalue weighted by Gasteiger charge is -2.31. The number of rotatable bonds is 4. The van der Waals surface area contributed by atoms with Crippen molar-refractivity contribution in [2.24, 2.45) is 0 Å². The minimum atomic E-state index is -0.299. The number of aromatic nitrogens is 2. The van der Waals surface area contributed by atoms with E-state index in [1.807, 2.05) is 11.4 Å². The molecule has 2 aromatic heterocycles. The van der Waals surface area contributed by atoms with Gasteiger partial charge in [0.15, 0.2) is 0 Å². The first-order valence-corrected chi connectivity index (χ1v) is 10.7. The molecule has 0 amide bonds. The van der Waals surface area contributed by atoms with Crippen LogP contribution in [0.15, 0.2) is 52.6 Å². The molecule has 4 aromatic rings. The highest BCUT2D eigenvalue weighted by Gasteiger charge is 2.20. The number of fused-ring (bicyclic) bond motifs is 2.